The lowest BCUT2D eigenvalue weighted by Crippen LogP contribution is -2.55. The van der Waals surface area contributed by atoms with Crippen molar-refractivity contribution in [1.82, 2.24) is 31.2 Å². The summed E-state index contributed by atoms with van der Waals surface area (Å²) < 4.78 is 11.1. The lowest BCUT2D eigenvalue weighted by atomic mass is 9.82. The van der Waals surface area contributed by atoms with E-state index < -0.39 is 52.7 Å². The Morgan fingerprint density at radius 3 is 2.47 bits per heavy atom. The summed E-state index contributed by atoms with van der Waals surface area (Å²) in [4.78, 5) is 102. The standard InChI is InChI=1S/C34H47N9O11S3/c1-16(40-41-23(45)6-9-42-24(46)12-21(31(42)49)55-15-19(35)32(50)51)4-5-22(44)37-7-10-56-57-11-8-38-26-17(2)28(47)27-25(29(26)48)18(14-54-33(36)52)34(53-3)30-20(39-30)13-43(27)34/h18-21,30,38-39H,4-15,35H2,1-3H3,(H2,36,52)(H,37,44)(H,41,45)(H,50,51)/b40-16+/t18?,19-,20?,21?,30?,34+/m0/s1. The Bertz CT molecular complexity index is 1790. The Balaban J connectivity index is 0.947. The highest BCUT2D eigenvalue weighted by Gasteiger charge is 2.72. The van der Waals surface area contributed by atoms with Gasteiger partial charge in [0.15, 0.2) is 5.72 Å². The van der Waals surface area contributed by atoms with E-state index in [1.54, 1.807) is 13.8 Å². The summed E-state index contributed by atoms with van der Waals surface area (Å²) in [5.74, 6) is -3.01. The number of aliphatic carboxylic acids is 1. The highest BCUT2D eigenvalue weighted by molar-refractivity contribution is 8.76. The highest BCUT2D eigenvalue weighted by Crippen LogP contribution is 2.55. The van der Waals surface area contributed by atoms with Gasteiger partial charge >= 0.3 is 12.1 Å². The molecule has 23 heteroatoms. The normalized spacial score (nSPS) is 25.7. The molecule has 9 N–H and O–H groups in total. The van der Waals surface area contributed by atoms with Crippen LogP contribution in [0.15, 0.2) is 27.6 Å². The number of nitrogens with zero attached hydrogens (tertiary/aromatic N) is 3. The number of hydrogen-bond donors (Lipinski definition) is 7. The molecular formula is C34H47N9O11S3. The van der Waals surface area contributed by atoms with E-state index in [2.05, 4.69) is 26.5 Å². The van der Waals surface area contributed by atoms with E-state index >= 15 is 0 Å². The third-order valence-electron chi connectivity index (χ3n) is 10.2. The van der Waals surface area contributed by atoms with Gasteiger partial charge < -0.3 is 46.9 Å². The van der Waals surface area contributed by atoms with Gasteiger partial charge in [0.05, 0.1) is 28.6 Å². The summed E-state index contributed by atoms with van der Waals surface area (Å²) in [6.45, 7) is 4.20. The van der Waals surface area contributed by atoms with Crippen LogP contribution in [0.1, 0.15) is 39.5 Å². The van der Waals surface area contributed by atoms with Crippen molar-refractivity contribution >= 4 is 86.3 Å². The number of Topliss-reactive ketones (excluding diaryl/α,β-unsaturated/α-hetero) is 2. The van der Waals surface area contributed by atoms with E-state index in [0.29, 0.717) is 42.4 Å². The van der Waals surface area contributed by atoms with E-state index in [1.165, 1.54) is 28.7 Å². The van der Waals surface area contributed by atoms with Crippen LogP contribution in [-0.2, 0) is 43.0 Å². The van der Waals surface area contributed by atoms with Crippen LogP contribution in [0.3, 0.4) is 0 Å². The van der Waals surface area contributed by atoms with Crippen molar-refractivity contribution in [2.45, 2.75) is 68.6 Å². The number of nitrogens with one attached hydrogen (secondary N) is 4. The minimum absolute atomic E-state index is 0.0258. The fourth-order valence-electron chi connectivity index (χ4n) is 7.25. The zero-order chi connectivity index (χ0) is 41.6. The molecule has 6 atom stereocenters. The van der Waals surface area contributed by atoms with Crippen LogP contribution in [-0.4, -0.2) is 154 Å². The fourth-order valence-corrected chi connectivity index (χ4v) is 10.2. The van der Waals surface area contributed by atoms with Crippen molar-refractivity contribution in [1.29, 1.82) is 0 Å². The molecule has 57 heavy (non-hydrogen) atoms. The number of primary amides is 1. The molecule has 5 aliphatic rings. The molecule has 5 amide bonds. The number of thioether (sulfide) groups is 1. The van der Waals surface area contributed by atoms with Crippen LogP contribution in [0.25, 0.3) is 0 Å². The number of ether oxygens (including phenoxy) is 2. The second-order valence-corrected chi connectivity index (χ2v) is 17.8. The summed E-state index contributed by atoms with van der Waals surface area (Å²) in [6, 6.07) is -1.19. The van der Waals surface area contributed by atoms with Crippen LogP contribution < -0.4 is 32.8 Å². The van der Waals surface area contributed by atoms with Crippen LogP contribution >= 0.6 is 33.3 Å². The van der Waals surface area contributed by atoms with Crippen molar-refractivity contribution < 1.29 is 52.9 Å². The monoisotopic (exact) mass is 853 g/mol. The van der Waals surface area contributed by atoms with Gasteiger partial charge in [-0.05, 0) is 20.3 Å². The van der Waals surface area contributed by atoms with Crippen molar-refractivity contribution in [3.63, 3.8) is 0 Å². The molecule has 0 aromatic carbocycles. The average molecular weight is 854 g/mol. The molecule has 312 valence electrons. The Labute approximate surface area is 340 Å². The number of imide groups is 1. The molecular weight excluding hydrogens is 807 g/mol. The minimum atomic E-state index is -1.20. The molecule has 4 unspecified atom stereocenters. The molecule has 4 heterocycles. The van der Waals surface area contributed by atoms with E-state index in [9.17, 15) is 38.4 Å². The maximum Gasteiger partial charge on any atom is 0.404 e. The van der Waals surface area contributed by atoms with Crippen LogP contribution in [0.5, 0.6) is 0 Å². The molecule has 4 aliphatic heterocycles. The fraction of sp³-hybridized carbons (Fsp3) is 0.618. The largest absolute Gasteiger partial charge is 0.480 e. The molecule has 3 fully saturated rings. The van der Waals surface area contributed by atoms with Crippen LogP contribution in [0.4, 0.5) is 4.79 Å². The number of carboxylic acids is 1. The van der Waals surface area contributed by atoms with Gasteiger partial charge in [0, 0.05) is 92.7 Å². The number of rotatable bonds is 22. The Morgan fingerprint density at radius 2 is 1.79 bits per heavy atom. The molecule has 0 saturated carbocycles. The number of allylic oxidation sites excluding steroid dienone is 2. The topological polar surface area (TPSA) is 304 Å². The Kier molecular flexibility index (Phi) is 14.7. The molecule has 0 radical (unpaired) electrons. The van der Waals surface area contributed by atoms with Gasteiger partial charge in [0.1, 0.15) is 12.6 Å². The molecule has 1 aliphatic carbocycles. The number of hydrogen-bond acceptors (Lipinski definition) is 18. The number of hydrazone groups is 1. The number of likely N-dealkylation sites (tertiary alicyclic amines) is 1. The van der Waals surface area contributed by atoms with Gasteiger partial charge in [-0.1, -0.05) is 21.6 Å². The number of nitrogens with two attached hydrogens (primary N) is 2. The average Bonchev–Trinajstić information content (AvgIpc) is 3.69. The van der Waals surface area contributed by atoms with Gasteiger partial charge in [-0.3, -0.25) is 38.5 Å². The molecule has 20 nitrogen and oxygen atoms in total. The van der Waals surface area contributed by atoms with Gasteiger partial charge in [0.2, 0.25) is 35.2 Å². The zero-order valence-electron chi connectivity index (χ0n) is 31.6. The Hall–Kier alpha value is -4.16. The summed E-state index contributed by atoms with van der Waals surface area (Å²) >= 11 is 0.999. The molecule has 0 bridgehead atoms. The second-order valence-electron chi connectivity index (χ2n) is 13.8. The maximum atomic E-state index is 13.9. The second kappa shape index (κ2) is 19.1. The third-order valence-corrected chi connectivity index (χ3v) is 13.9. The summed E-state index contributed by atoms with van der Waals surface area (Å²) in [5.41, 5.74) is 13.6. The molecule has 0 aromatic rings. The van der Waals surface area contributed by atoms with Gasteiger partial charge in [-0.25, -0.2) is 10.2 Å². The third kappa shape index (κ3) is 9.76. The van der Waals surface area contributed by atoms with Crippen molar-refractivity contribution in [3.8, 4) is 0 Å². The predicted molar refractivity (Wildman–Crippen MR) is 210 cm³/mol. The smallest absolute Gasteiger partial charge is 0.404 e. The molecule has 0 spiro atoms. The molecule has 0 aromatic heterocycles. The number of carbonyl (C=O) groups excluding carboxylic acids is 7. The van der Waals surface area contributed by atoms with E-state index in [1.807, 2.05) is 4.90 Å². The zero-order valence-corrected chi connectivity index (χ0v) is 34.1. The lowest BCUT2D eigenvalue weighted by molar-refractivity contribution is -0.139. The number of ketones is 2. The van der Waals surface area contributed by atoms with E-state index in [4.69, 9.17) is 26.0 Å². The number of fused-ring (bicyclic) bond motifs is 4. The van der Waals surface area contributed by atoms with Crippen molar-refractivity contribution in [3.05, 3.63) is 22.5 Å². The lowest BCUT2D eigenvalue weighted by Gasteiger charge is -2.39. The number of amides is 5. The highest BCUT2D eigenvalue weighted by atomic mass is 33.1. The number of piperazine rings is 1. The SMILES string of the molecule is CO[C@@]12C(COC(N)=O)C3=C(C(=O)C(C)=C(NCCSSCCNC(=O)CC/C(C)=N/NC(=O)CCN4C(=O)CC(SC[C@H](N)C(=O)O)C4=O)C3=O)N1CC1NC12. The van der Waals surface area contributed by atoms with Crippen molar-refractivity contribution in [2.24, 2.45) is 22.5 Å². The van der Waals surface area contributed by atoms with Gasteiger partial charge in [-0.15, -0.1) is 11.8 Å². The van der Waals surface area contributed by atoms with Gasteiger partial charge in [-0.2, -0.15) is 5.10 Å². The minimum Gasteiger partial charge on any atom is -0.480 e. The van der Waals surface area contributed by atoms with Crippen LogP contribution in [0, 0.1) is 5.92 Å². The molecule has 5 rings (SSSR count). The Morgan fingerprint density at radius 1 is 1.07 bits per heavy atom. The summed E-state index contributed by atoms with van der Waals surface area (Å²) in [5, 5.41) is 21.4. The summed E-state index contributed by atoms with van der Waals surface area (Å²) in [7, 11) is 4.58. The van der Waals surface area contributed by atoms with Crippen molar-refractivity contribution in [2.75, 3.05) is 57.2 Å². The van der Waals surface area contributed by atoms with Crippen LogP contribution in [0.2, 0.25) is 0 Å². The number of carbonyl (C=O) groups is 8. The first-order valence-corrected chi connectivity index (χ1v) is 21.7. The maximum absolute atomic E-state index is 13.9. The summed E-state index contributed by atoms with van der Waals surface area (Å²) in [6.07, 6.45) is -0.822. The van der Waals surface area contributed by atoms with Gasteiger partial charge in [0.25, 0.3) is 0 Å². The first-order valence-electron chi connectivity index (χ1n) is 18.2. The van der Waals surface area contributed by atoms with E-state index in [-0.39, 0.29) is 91.1 Å². The first-order chi connectivity index (χ1) is 27.1. The van der Waals surface area contributed by atoms with E-state index in [0.717, 1.165) is 16.7 Å². The quantitative estimate of drug-likeness (QED) is 0.0123. The predicted octanol–water partition coefficient (Wildman–Crippen LogP) is -1.59. The first kappa shape index (κ1) is 44.0. The number of methoxy groups -OCH3 is 1. The molecule has 3 saturated heterocycles. The number of carboxylic acid groups (broad SMARTS) is 1.